The monoisotopic (exact) mass is 453 g/mol. The van der Waals surface area contributed by atoms with E-state index >= 15 is 0 Å². The summed E-state index contributed by atoms with van der Waals surface area (Å²) in [6.07, 6.45) is 0.352. The number of nitrogens with zero attached hydrogens (tertiary/aromatic N) is 3. The van der Waals surface area contributed by atoms with Crippen LogP contribution in [0.2, 0.25) is 5.02 Å². The van der Waals surface area contributed by atoms with Crippen LogP contribution in [0.25, 0.3) is 21.6 Å². The summed E-state index contributed by atoms with van der Waals surface area (Å²) in [5.74, 6) is -0.454. The number of hydrogen-bond acceptors (Lipinski definition) is 5. The SMILES string of the molecule is CCC(=O)Nc1ccc(Cl)c(NC(=O)c2cc(-c3cccs3)nc3c2c(C)nn3C)c1. The van der Waals surface area contributed by atoms with Crippen molar-refractivity contribution in [1.29, 1.82) is 0 Å². The highest BCUT2D eigenvalue weighted by molar-refractivity contribution is 7.13. The van der Waals surface area contributed by atoms with Crippen LogP contribution < -0.4 is 10.6 Å². The number of hydrogen-bond donors (Lipinski definition) is 2. The Hall–Kier alpha value is -3.23. The highest BCUT2D eigenvalue weighted by Gasteiger charge is 2.20. The smallest absolute Gasteiger partial charge is 0.256 e. The number of rotatable bonds is 5. The van der Waals surface area contributed by atoms with Gasteiger partial charge in [-0.15, -0.1) is 11.3 Å². The Morgan fingerprint density at radius 2 is 2.00 bits per heavy atom. The number of pyridine rings is 1. The Bertz CT molecular complexity index is 1300. The third-order valence-electron chi connectivity index (χ3n) is 4.81. The van der Waals surface area contributed by atoms with E-state index in [1.54, 1.807) is 54.3 Å². The predicted molar refractivity (Wildman–Crippen MR) is 125 cm³/mol. The summed E-state index contributed by atoms with van der Waals surface area (Å²) in [7, 11) is 1.80. The van der Waals surface area contributed by atoms with Crippen molar-refractivity contribution in [3.05, 3.63) is 58.1 Å². The number of halogens is 1. The maximum Gasteiger partial charge on any atom is 0.256 e. The lowest BCUT2D eigenvalue weighted by Crippen LogP contribution is -2.14. The molecule has 2 N–H and O–H groups in total. The van der Waals surface area contributed by atoms with Crippen LogP contribution in [0.3, 0.4) is 0 Å². The van der Waals surface area contributed by atoms with Crippen molar-refractivity contribution < 1.29 is 9.59 Å². The molecule has 0 spiro atoms. The summed E-state index contributed by atoms with van der Waals surface area (Å²) in [5, 5.41) is 13.1. The van der Waals surface area contributed by atoms with Gasteiger partial charge in [0.1, 0.15) is 0 Å². The fraction of sp³-hybridized carbons (Fsp3) is 0.182. The molecule has 7 nitrogen and oxygen atoms in total. The van der Waals surface area contributed by atoms with Crippen molar-refractivity contribution in [1.82, 2.24) is 14.8 Å². The number of carbonyl (C=O) groups excluding carboxylic acids is 2. The molecular weight excluding hydrogens is 434 g/mol. The third-order valence-corrected chi connectivity index (χ3v) is 6.03. The number of anilines is 2. The third kappa shape index (κ3) is 4.17. The minimum absolute atomic E-state index is 0.123. The Labute approximate surface area is 188 Å². The lowest BCUT2D eigenvalue weighted by atomic mass is 10.1. The van der Waals surface area contributed by atoms with Gasteiger partial charge in [-0.25, -0.2) is 4.98 Å². The first-order valence-electron chi connectivity index (χ1n) is 9.66. The first kappa shape index (κ1) is 21.0. The van der Waals surface area contributed by atoms with Gasteiger partial charge < -0.3 is 10.6 Å². The Balaban J connectivity index is 1.76. The van der Waals surface area contributed by atoms with E-state index in [-0.39, 0.29) is 11.8 Å². The Morgan fingerprint density at radius 3 is 2.71 bits per heavy atom. The zero-order chi connectivity index (χ0) is 22.1. The molecule has 31 heavy (non-hydrogen) atoms. The van der Waals surface area contributed by atoms with Crippen LogP contribution in [0.15, 0.2) is 41.8 Å². The van der Waals surface area contributed by atoms with Crippen LogP contribution in [-0.4, -0.2) is 26.6 Å². The van der Waals surface area contributed by atoms with E-state index in [1.807, 2.05) is 24.4 Å². The average molecular weight is 454 g/mol. The molecule has 0 aliphatic heterocycles. The molecule has 3 aromatic heterocycles. The highest BCUT2D eigenvalue weighted by atomic mass is 35.5. The molecule has 0 bridgehead atoms. The summed E-state index contributed by atoms with van der Waals surface area (Å²) >= 11 is 7.86. The number of benzene rings is 1. The van der Waals surface area contributed by atoms with Gasteiger partial charge >= 0.3 is 0 Å². The van der Waals surface area contributed by atoms with Crippen LogP contribution in [0.5, 0.6) is 0 Å². The first-order chi connectivity index (χ1) is 14.9. The topological polar surface area (TPSA) is 88.9 Å². The molecule has 4 rings (SSSR count). The van der Waals surface area contributed by atoms with Gasteiger partial charge in [0.2, 0.25) is 5.91 Å². The molecule has 0 unspecified atom stereocenters. The molecule has 0 atom stereocenters. The van der Waals surface area contributed by atoms with Crippen LogP contribution in [-0.2, 0) is 11.8 Å². The van der Waals surface area contributed by atoms with Crippen molar-refractivity contribution in [3.8, 4) is 10.6 Å². The summed E-state index contributed by atoms with van der Waals surface area (Å²) in [4.78, 5) is 30.7. The number of aromatic nitrogens is 3. The maximum atomic E-state index is 13.3. The molecule has 3 heterocycles. The Kier molecular flexibility index (Phi) is 5.75. The fourth-order valence-corrected chi connectivity index (χ4v) is 4.16. The van der Waals surface area contributed by atoms with E-state index in [9.17, 15) is 9.59 Å². The van der Waals surface area contributed by atoms with Crippen LogP contribution in [0.1, 0.15) is 29.4 Å². The van der Waals surface area contributed by atoms with Crippen molar-refractivity contribution in [2.45, 2.75) is 20.3 Å². The summed E-state index contributed by atoms with van der Waals surface area (Å²) in [5.41, 5.74) is 3.46. The number of fused-ring (bicyclic) bond motifs is 1. The lowest BCUT2D eigenvalue weighted by Gasteiger charge is -2.12. The lowest BCUT2D eigenvalue weighted by molar-refractivity contribution is -0.115. The van der Waals surface area contributed by atoms with Crippen molar-refractivity contribution in [2.75, 3.05) is 10.6 Å². The predicted octanol–water partition coefficient (Wildman–Crippen LogP) is 5.26. The van der Waals surface area contributed by atoms with Gasteiger partial charge in [-0.2, -0.15) is 5.10 Å². The van der Waals surface area contributed by atoms with E-state index in [4.69, 9.17) is 16.6 Å². The van der Waals surface area contributed by atoms with E-state index in [0.717, 1.165) is 4.88 Å². The van der Waals surface area contributed by atoms with Gasteiger partial charge in [0.15, 0.2) is 5.65 Å². The number of amides is 2. The quantitative estimate of drug-likeness (QED) is 0.431. The number of thiophene rings is 1. The fourth-order valence-electron chi connectivity index (χ4n) is 3.31. The summed E-state index contributed by atoms with van der Waals surface area (Å²) in [6.45, 7) is 3.61. The van der Waals surface area contributed by atoms with E-state index in [0.29, 0.717) is 50.8 Å². The molecule has 0 saturated heterocycles. The Morgan fingerprint density at radius 1 is 1.19 bits per heavy atom. The number of aryl methyl sites for hydroxylation is 2. The van der Waals surface area contributed by atoms with Gasteiger partial charge in [0, 0.05) is 19.2 Å². The molecule has 2 amide bonds. The molecule has 158 valence electrons. The second kappa shape index (κ2) is 8.49. The first-order valence-corrected chi connectivity index (χ1v) is 10.9. The molecule has 0 aliphatic rings. The molecule has 9 heteroatoms. The zero-order valence-corrected chi connectivity index (χ0v) is 18.8. The van der Waals surface area contributed by atoms with Crippen LogP contribution >= 0.6 is 22.9 Å². The maximum absolute atomic E-state index is 13.3. The minimum atomic E-state index is -0.331. The van der Waals surface area contributed by atoms with E-state index in [2.05, 4.69) is 15.7 Å². The van der Waals surface area contributed by atoms with Gasteiger partial charge in [0.25, 0.3) is 5.91 Å². The zero-order valence-electron chi connectivity index (χ0n) is 17.2. The van der Waals surface area contributed by atoms with E-state index < -0.39 is 0 Å². The van der Waals surface area contributed by atoms with Crippen LogP contribution in [0.4, 0.5) is 11.4 Å². The number of nitrogens with one attached hydrogen (secondary N) is 2. The average Bonchev–Trinajstić information content (AvgIpc) is 3.38. The molecule has 0 fully saturated rings. The molecule has 1 aromatic carbocycles. The minimum Gasteiger partial charge on any atom is -0.326 e. The molecule has 0 saturated carbocycles. The summed E-state index contributed by atoms with van der Waals surface area (Å²) < 4.78 is 1.67. The normalized spacial score (nSPS) is 11.0. The van der Waals surface area contributed by atoms with E-state index in [1.165, 1.54) is 0 Å². The summed E-state index contributed by atoms with van der Waals surface area (Å²) in [6, 6.07) is 10.6. The largest absolute Gasteiger partial charge is 0.326 e. The van der Waals surface area contributed by atoms with Gasteiger partial charge in [-0.3, -0.25) is 14.3 Å². The highest BCUT2D eigenvalue weighted by Crippen LogP contribution is 2.31. The molecular formula is C22H20ClN5O2S. The molecule has 0 aliphatic carbocycles. The molecule has 0 radical (unpaired) electrons. The second-order valence-electron chi connectivity index (χ2n) is 6.99. The van der Waals surface area contributed by atoms with Crippen molar-refractivity contribution in [2.24, 2.45) is 7.05 Å². The number of carbonyl (C=O) groups is 2. The van der Waals surface area contributed by atoms with Gasteiger partial charge in [0.05, 0.1) is 37.9 Å². The van der Waals surface area contributed by atoms with Crippen molar-refractivity contribution >= 4 is 57.2 Å². The van der Waals surface area contributed by atoms with Crippen LogP contribution in [0, 0.1) is 6.92 Å². The second-order valence-corrected chi connectivity index (χ2v) is 8.35. The van der Waals surface area contributed by atoms with Gasteiger partial charge in [-0.1, -0.05) is 24.6 Å². The van der Waals surface area contributed by atoms with Crippen molar-refractivity contribution in [3.63, 3.8) is 0 Å². The molecule has 4 aromatic rings. The van der Waals surface area contributed by atoms with Gasteiger partial charge in [-0.05, 0) is 42.6 Å². The standard InChI is InChI=1S/C22H20ClN5O2S/c1-4-19(29)24-13-7-8-15(23)16(10-13)26-22(30)14-11-17(18-6-5-9-31-18)25-21-20(14)12(2)27-28(21)3/h5-11H,4H2,1-3H3,(H,24,29)(H,26,30).